The minimum atomic E-state index is -0.608. The lowest BCUT2D eigenvalue weighted by Crippen LogP contribution is -2.20. The van der Waals surface area contributed by atoms with Crippen LogP contribution in [-0.4, -0.2) is 20.4 Å². The highest BCUT2D eigenvalue weighted by Gasteiger charge is 2.16. The van der Waals surface area contributed by atoms with Crippen molar-refractivity contribution in [1.29, 1.82) is 0 Å². The Labute approximate surface area is 162 Å². The van der Waals surface area contributed by atoms with E-state index in [1.54, 1.807) is 16.8 Å². The number of benzene rings is 1. The predicted molar refractivity (Wildman–Crippen MR) is 110 cm³/mol. The van der Waals surface area contributed by atoms with E-state index in [1.165, 1.54) is 18.2 Å². The number of pyridine rings is 1. The zero-order valence-corrected chi connectivity index (χ0v) is 15.7. The Bertz CT molecular complexity index is 1100. The Kier molecular flexibility index (Phi) is 5.35. The number of aromatic nitrogens is 3. The highest BCUT2D eigenvalue weighted by atomic mass is 16.1. The van der Waals surface area contributed by atoms with Gasteiger partial charge in [-0.15, -0.1) is 0 Å². The van der Waals surface area contributed by atoms with Crippen molar-refractivity contribution in [2.45, 2.75) is 19.9 Å². The van der Waals surface area contributed by atoms with Crippen molar-refractivity contribution < 1.29 is 4.79 Å². The Morgan fingerprint density at radius 2 is 1.71 bits per heavy atom. The second-order valence-corrected chi connectivity index (χ2v) is 6.55. The first-order valence-corrected chi connectivity index (χ1v) is 8.80. The Morgan fingerprint density at radius 3 is 2.36 bits per heavy atom. The molecule has 4 N–H and O–H groups in total. The minimum Gasteiger partial charge on any atom is -0.382 e. The Morgan fingerprint density at radius 1 is 1.04 bits per heavy atom. The molecule has 0 saturated carbocycles. The molecule has 0 fully saturated rings. The maximum Gasteiger partial charge on any atom is 0.250 e. The van der Waals surface area contributed by atoms with Crippen molar-refractivity contribution in [2.75, 3.05) is 5.73 Å². The van der Waals surface area contributed by atoms with E-state index >= 15 is 0 Å². The largest absolute Gasteiger partial charge is 0.382 e. The standard InChI is InChI=1S/C21H21N5O2/c1-13(2)26-12-15(8-11-18(26)28)20-19(14-6-4-3-5-7-14)25-21(23)16(24-20)9-10-17(22)27/h3-13H,1-2H3,(H2,22,27)(H2,23,25). The van der Waals surface area contributed by atoms with Gasteiger partial charge in [0.1, 0.15) is 11.5 Å². The molecule has 0 aliphatic carbocycles. The maximum absolute atomic E-state index is 12.1. The molecule has 0 aliphatic rings. The van der Waals surface area contributed by atoms with Crippen LogP contribution in [0.1, 0.15) is 25.6 Å². The molecule has 2 heterocycles. The number of hydrogen-bond donors (Lipinski definition) is 2. The minimum absolute atomic E-state index is 0.0106. The van der Waals surface area contributed by atoms with Gasteiger partial charge in [-0.3, -0.25) is 9.59 Å². The zero-order chi connectivity index (χ0) is 20.3. The number of nitrogens with two attached hydrogens (primary N) is 2. The molecule has 0 spiro atoms. The van der Waals surface area contributed by atoms with Crippen LogP contribution in [0.2, 0.25) is 0 Å². The molecule has 28 heavy (non-hydrogen) atoms. The van der Waals surface area contributed by atoms with Crippen molar-refractivity contribution in [3.05, 3.63) is 70.8 Å². The van der Waals surface area contributed by atoms with E-state index in [0.717, 1.165) is 5.56 Å². The number of nitrogen functional groups attached to an aromatic ring is 1. The molecule has 1 amide bonds. The number of nitrogens with zero attached hydrogens (tertiary/aromatic N) is 3. The van der Waals surface area contributed by atoms with Crippen LogP contribution in [0.15, 0.2) is 59.5 Å². The van der Waals surface area contributed by atoms with Gasteiger partial charge in [0.05, 0.1) is 11.4 Å². The number of carbonyl (C=O) groups is 1. The van der Waals surface area contributed by atoms with Gasteiger partial charge < -0.3 is 16.0 Å². The first-order valence-electron chi connectivity index (χ1n) is 8.80. The molecule has 0 aliphatic heterocycles. The summed E-state index contributed by atoms with van der Waals surface area (Å²) in [4.78, 5) is 32.4. The van der Waals surface area contributed by atoms with Crippen LogP contribution in [0, 0.1) is 0 Å². The summed E-state index contributed by atoms with van der Waals surface area (Å²) in [5.41, 5.74) is 14.2. The Hall–Kier alpha value is -3.74. The lowest BCUT2D eigenvalue weighted by atomic mass is 10.0. The Balaban J connectivity index is 2.27. The third-order valence-electron chi connectivity index (χ3n) is 4.17. The van der Waals surface area contributed by atoms with E-state index in [0.29, 0.717) is 22.6 Å². The van der Waals surface area contributed by atoms with Gasteiger partial charge in [-0.05, 0) is 26.0 Å². The number of amides is 1. The molecular formula is C21H21N5O2. The van der Waals surface area contributed by atoms with Gasteiger partial charge in [0.25, 0.3) is 5.56 Å². The molecule has 7 heteroatoms. The molecule has 142 valence electrons. The van der Waals surface area contributed by atoms with Crippen molar-refractivity contribution in [2.24, 2.45) is 5.73 Å². The van der Waals surface area contributed by atoms with E-state index in [-0.39, 0.29) is 17.4 Å². The van der Waals surface area contributed by atoms with Crippen LogP contribution >= 0.6 is 0 Å². The number of hydrogen-bond acceptors (Lipinski definition) is 5. The second kappa shape index (κ2) is 7.87. The van der Waals surface area contributed by atoms with Gasteiger partial charge in [0, 0.05) is 35.5 Å². The maximum atomic E-state index is 12.1. The third-order valence-corrected chi connectivity index (χ3v) is 4.17. The van der Waals surface area contributed by atoms with Gasteiger partial charge in [-0.1, -0.05) is 30.3 Å². The van der Waals surface area contributed by atoms with E-state index in [1.807, 2.05) is 44.2 Å². The SMILES string of the molecule is CC(C)n1cc(-c2nc(C=CC(N)=O)c(N)nc2-c2ccccc2)ccc1=O. The fourth-order valence-electron chi connectivity index (χ4n) is 2.79. The lowest BCUT2D eigenvalue weighted by molar-refractivity contribution is -0.113. The summed E-state index contributed by atoms with van der Waals surface area (Å²) in [5, 5.41) is 0. The molecule has 0 radical (unpaired) electrons. The summed E-state index contributed by atoms with van der Waals surface area (Å²) in [6.45, 7) is 3.86. The predicted octanol–water partition coefficient (Wildman–Crippen LogP) is 2.63. The van der Waals surface area contributed by atoms with Gasteiger partial charge >= 0.3 is 0 Å². The molecule has 0 saturated heterocycles. The first kappa shape index (κ1) is 19.0. The normalized spacial score (nSPS) is 11.2. The number of rotatable bonds is 5. The van der Waals surface area contributed by atoms with Crippen molar-refractivity contribution >= 4 is 17.8 Å². The smallest absolute Gasteiger partial charge is 0.250 e. The summed E-state index contributed by atoms with van der Waals surface area (Å²) in [6, 6.07) is 12.7. The van der Waals surface area contributed by atoms with Crippen LogP contribution in [0.5, 0.6) is 0 Å². The summed E-state index contributed by atoms with van der Waals surface area (Å²) in [7, 11) is 0. The van der Waals surface area contributed by atoms with E-state index in [4.69, 9.17) is 11.5 Å². The summed E-state index contributed by atoms with van der Waals surface area (Å²) in [6.07, 6.45) is 4.37. The van der Waals surface area contributed by atoms with Crippen molar-refractivity contribution in [3.8, 4) is 22.5 Å². The number of anilines is 1. The van der Waals surface area contributed by atoms with Gasteiger partial charge in [0.2, 0.25) is 5.91 Å². The number of primary amides is 1. The fraction of sp³-hybridized carbons (Fsp3) is 0.143. The average Bonchev–Trinajstić information content (AvgIpc) is 2.67. The van der Waals surface area contributed by atoms with Crippen LogP contribution in [0.3, 0.4) is 0 Å². The quantitative estimate of drug-likeness (QED) is 0.665. The molecule has 1 aromatic carbocycles. The molecule has 0 unspecified atom stereocenters. The molecular weight excluding hydrogens is 354 g/mol. The highest BCUT2D eigenvalue weighted by Crippen LogP contribution is 2.30. The van der Waals surface area contributed by atoms with E-state index in [2.05, 4.69) is 9.97 Å². The fourth-order valence-corrected chi connectivity index (χ4v) is 2.79. The molecule has 0 bridgehead atoms. The van der Waals surface area contributed by atoms with Gasteiger partial charge in [0.15, 0.2) is 0 Å². The van der Waals surface area contributed by atoms with Crippen LogP contribution in [0.25, 0.3) is 28.6 Å². The van der Waals surface area contributed by atoms with Crippen molar-refractivity contribution in [1.82, 2.24) is 14.5 Å². The van der Waals surface area contributed by atoms with Crippen molar-refractivity contribution in [3.63, 3.8) is 0 Å². The summed E-state index contributed by atoms with van der Waals surface area (Å²) < 4.78 is 1.63. The monoisotopic (exact) mass is 375 g/mol. The van der Waals surface area contributed by atoms with Crippen LogP contribution in [-0.2, 0) is 4.79 Å². The van der Waals surface area contributed by atoms with Crippen LogP contribution in [0.4, 0.5) is 5.82 Å². The molecule has 3 rings (SSSR count). The lowest BCUT2D eigenvalue weighted by Gasteiger charge is -2.14. The highest BCUT2D eigenvalue weighted by molar-refractivity contribution is 5.91. The topological polar surface area (TPSA) is 117 Å². The average molecular weight is 375 g/mol. The molecule has 2 aromatic heterocycles. The molecule has 3 aromatic rings. The summed E-state index contributed by atoms with van der Waals surface area (Å²) >= 11 is 0. The van der Waals surface area contributed by atoms with Crippen LogP contribution < -0.4 is 17.0 Å². The first-order chi connectivity index (χ1) is 13.4. The second-order valence-electron chi connectivity index (χ2n) is 6.55. The molecule has 7 nitrogen and oxygen atoms in total. The van der Waals surface area contributed by atoms with Gasteiger partial charge in [-0.2, -0.15) is 0 Å². The van der Waals surface area contributed by atoms with Gasteiger partial charge in [-0.25, -0.2) is 9.97 Å². The summed E-state index contributed by atoms with van der Waals surface area (Å²) in [5.74, 6) is -0.430. The number of carbonyl (C=O) groups excluding carboxylic acids is 1. The van der Waals surface area contributed by atoms with E-state index in [9.17, 15) is 9.59 Å². The zero-order valence-electron chi connectivity index (χ0n) is 15.7. The third kappa shape index (κ3) is 3.98. The molecule has 0 atom stereocenters. The van der Waals surface area contributed by atoms with E-state index < -0.39 is 5.91 Å².